The summed E-state index contributed by atoms with van der Waals surface area (Å²) in [6, 6.07) is 19.8. The van der Waals surface area contributed by atoms with Crippen molar-refractivity contribution in [1.82, 2.24) is 4.57 Å². The molecule has 4 aromatic rings. The van der Waals surface area contributed by atoms with Crippen LogP contribution in [-0.2, 0) is 0 Å². The van der Waals surface area contributed by atoms with Gasteiger partial charge < -0.3 is 0 Å². The van der Waals surface area contributed by atoms with Gasteiger partial charge in [-0.15, -0.1) is 0 Å². The van der Waals surface area contributed by atoms with E-state index in [-0.39, 0.29) is 5.69 Å². The minimum absolute atomic E-state index is 0.0426. The quantitative estimate of drug-likeness (QED) is 0.537. The maximum absolute atomic E-state index is 14.3. The van der Waals surface area contributed by atoms with Gasteiger partial charge in [-0.25, -0.2) is 8.96 Å². The second-order valence-electron chi connectivity index (χ2n) is 5.49. The molecule has 0 radical (unpaired) electrons. The molecule has 4 rings (SSSR count). The molecule has 0 aliphatic rings. The summed E-state index contributed by atoms with van der Waals surface area (Å²) in [7, 11) is 0. The summed E-state index contributed by atoms with van der Waals surface area (Å²) >= 11 is 0. The highest BCUT2D eigenvalue weighted by atomic mass is 19.1. The second-order valence-corrected chi connectivity index (χ2v) is 5.49. The van der Waals surface area contributed by atoms with Gasteiger partial charge in [0.2, 0.25) is 0 Å². The van der Waals surface area contributed by atoms with Gasteiger partial charge in [-0.2, -0.15) is 0 Å². The standard InChI is InChI=1S/C20H12FNO2/c21-17-11-5-6-12-18(17)22-19(23)15-9-3-1-7-13(15)14-8-2-4-10-16(14)20(22)24/h1-12H. The lowest BCUT2D eigenvalue weighted by atomic mass is 10.1. The Kier molecular flexibility index (Phi) is 3.24. The summed E-state index contributed by atoms with van der Waals surface area (Å²) in [5.74, 6) is -0.615. The number of hydrogen-bond acceptors (Lipinski definition) is 2. The first-order valence-electron chi connectivity index (χ1n) is 7.50. The zero-order valence-corrected chi connectivity index (χ0v) is 12.6. The van der Waals surface area contributed by atoms with E-state index < -0.39 is 16.9 Å². The molecule has 116 valence electrons. The molecule has 0 saturated heterocycles. The van der Waals surface area contributed by atoms with Crippen LogP contribution in [0.4, 0.5) is 4.39 Å². The SMILES string of the molecule is O=c1c2ccccc2c2ccccc2c(=O)n1-c1ccccc1F. The van der Waals surface area contributed by atoms with Gasteiger partial charge in [-0.1, -0.05) is 48.5 Å². The Hall–Kier alpha value is -3.27. The molecule has 0 amide bonds. The van der Waals surface area contributed by atoms with Crippen molar-refractivity contribution in [3.8, 4) is 5.69 Å². The number of rotatable bonds is 1. The van der Waals surface area contributed by atoms with E-state index in [1.54, 1.807) is 42.5 Å². The first-order chi connectivity index (χ1) is 11.7. The van der Waals surface area contributed by atoms with Crippen LogP contribution in [0.25, 0.3) is 27.2 Å². The maximum Gasteiger partial charge on any atom is 0.266 e. The van der Waals surface area contributed by atoms with Gasteiger partial charge in [0.15, 0.2) is 0 Å². The third kappa shape index (κ3) is 2.04. The van der Waals surface area contributed by atoms with Gasteiger partial charge in [0.25, 0.3) is 11.1 Å². The van der Waals surface area contributed by atoms with Crippen LogP contribution in [0.1, 0.15) is 0 Å². The summed E-state index contributed by atoms with van der Waals surface area (Å²) < 4.78 is 15.2. The molecule has 0 atom stereocenters. The average molecular weight is 317 g/mol. The zero-order chi connectivity index (χ0) is 16.7. The van der Waals surface area contributed by atoms with E-state index in [0.29, 0.717) is 21.5 Å². The molecule has 1 aromatic heterocycles. The normalized spacial score (nSPS) is 11.0. The van der Waals surface area contributed by atoms with E-state index in [1.165, 1.54) is 18.2 Å². The Labute approximate surface area is 136 Å². The first-order valence-corrected chi connectivity index (χ1v) is 7.50. The van der Waals surface area contributed by atoms with E-state index in [9.17, 15) is 14.0 Å². The molecule has 0 saturated carbocycles. The molecule has 0 bridgehead atoms. The van der Waals surface area contributed by atoms with Gasteiger partial charge in [0, 0.05) is 10.8 Å². The lowest BCUT2D eigenvalue weighted by molar-refractivity contribution is 0.615. The van der Waals surface area contributed by atoms with Crippen LogP contribution >= 0.6 is 0 Å². The van der Waals surface area contributed by atoms with Gasteiger partial charge in [0.1, 0.15) is 5.82 Å². The largest absolute Gasteiger partial charge is 0.268 e. The highest BCUT2D eigenvalue weighted by Gasteiger charge is 2.14. The molecule has 0 fully saturated rings. The van der Waals surface area contributed by atoms with Crippen LogP contribution in [0, 0.1) is 5.82 Å². The molecule has 0 aliphatic heterocycles. The number of fused-ring (bicyclic) bond motifs is 3. The van der Waals surface area contributed by atoms with Crippen molar-refractivity contribution in [2.24, 2.45) is 0 Å². The lowest BCUT2D eigenvalue weighted by Crippen LogP contribution is -2.29. The summed E-state index contributed by atoms with van der Waals surface area (Å²) in [4.78, 5) is 26.0. The second kappa shape index (κ2) is 5.42. The van der Waals surface area contributed by atoms with Crippen molar-refractivity contribution in [3.05, 3.63) is 99.3 Å². The molecular weight excluding hydrogens is 305 g/mol. The molecule has 1 heterocycles. The monoisotopic (exact) mass is 317 g/mol. The Balaban J connectivity index is 2.38. The minimum atomic E-state index is -0.615. The van der Waals surface area contributed by atoms with E-state index >= 15 is 0 Å². The Morgan fingerprint density at radius 3 is 1.50 bits per heavy atom. The topological polar surface area (TPSA) is 39.1 Å². The fourth-order valence-electron chi connectivity index (χ4n) is 2.99. The summed E-state index contributed by atoms with van der Waals surface area (Å²) in [6.45, 7) is 0. The molecule has 0 unspecified atom stereocenters. The van der Waals surface area contributed by atoms with Crippen molar-refractivity contribution in [1.29, 1.82) is 0 Å². The predicted molar refractivity (Wildman–Crippen MR) is 93.3 cm³/mol. The maximum atomic E-state index is 14.3. The molecule has 0 aliphatic carbocycles. The third-order valence-electron chi connectivity index (χ3n) is 4.10. The van der Waals surface area contributed by atoms with Crippen molar-refractivity contribution in [2.45, 2.75) is 0 Å². The highest BCUT2D eigenvalue weighted by molar-refractivity contribution is 6.05. The number of benzene rings is 3. The third-order valence-corrected chi connectivity index (χ3v) is 4.10. The number of hydrogen-bond donors (Lipinski definition) is 0. The van der Waals surface area contributed by atoms with Crippen molar-refractivity contribution in [2.75, 3.05) is 0 Å². The molecule has 3 aromatic carbocycles. The fraction of sp³-hybridized carbons (Fsp3) is 0. The van der Waals surface area contributed by atoms with Gasteiger partial charge in [-0.05, 0) is 35.0 Å². The van der Waals surface area contributed by atoms with Crippen LogP contribution < -0.4 is 11.1 Å². The number of nitrogens with zero attached hydrogens (tertiary/aromatic N) is 1. The van der Waals surface area contributed by atoms with Gasteiger partial charge >= 0.3 is 0 Å². The fourth-order valence-corrected chi connectivity index (χ4v) is 2.99. The van der Waals surface area contributed by atoms with E-state index in [4.69, 9.17) is 0 Å². The number of aromatic nitrogens is 1. The van der Waals surface area contributed by atoms with Crippen LogP contribution in [-0.4, -0.2) is 4.57 Å². The molecule has 0 spiro atoms. The smallest absolute Gasteiger partial charge is 0.266 e. The predicted octanol–water partition coefficient (Wildman–Crippen LogP) is 3.64. The number of halogens is 1. The van der Waals surface area contributed by atoms with Crippen molar-refractivity contribution >= 4 is 21.5 Å². The first kappa shape index (κ1) is 14.3. The van der Waals surface area contributed by atoms with E-state index in [0.717, 1.165) is 4.57 Å². The minimum Gasteiger partial charge on any atom is -0.268 e. The highest BCUT2D eigenvalue weighted by Crippen LogP contribution is 2.20. The summed E-state index contributed by atoms with van der Waals surface area (Å²) in [5.41, 5.74) is -1.10. The van der Waals surface area contributed by atoms with Crippen molar-refractivity contribution in [3.63, 3.8) is 0 Å². The van der Waals surface area contributed by atoms with Gasteiger partial charge in [0.05, 0.1) is 5.69 Å². The molecule has 4 heteroatoms. The Morgan fingerprint density at radius 2 is 1.00 bits per heavy atom. The van der Waals surface area contributed by atoms with Crippen molar-refractivity contribution < 1.29 is 4.39 Å². The summed E-state index contributed by atoms with van der Waals surface area (Å²) in [5, 5.41) is 2.09. The Bertz CT molecular complexity index is 1140. The zero-order valence-electron chi connectivity index (χ0n) is 12.6. The van der Waals surface area contributed by atoms with E-state index in [1.807, 2.05) is 12.1 Å². The average Bonchev–Trinajstić information content (AvgIpc) is 2.71. The molecule has 3 nitrogen and oxygen atoms in total. The molecule has 0 N–H and O–H groups in total. The molecular formula is C20H12FNO2. The van der Waals surface area contributed by atoms with Crippen LogP contribution in [0.15, 0.2) is 82.4 Å². The van der Waals surface area contributed by atoms with Gasteiger partial charge in [-0.3, -0.25) is 9.59 Å². The summed E-state index contributed by atoms with van der Waals surface area (Å²) in [6.07, 6.45) is 0. The Morgan fingerprint density at radius 1 is 0.583 bits per heavy atom. The molecule has 24 heavy (non-hydrogen) atoms. The van der Waals surface area contributed by atoms with Crippen LogP contribution in [0.5, 0.6) is 0 Å². The lowest BCUT2D eigenvalue weighted by Gasteiger charge is -2.03. The van der Waals surface area contributed by atoms with Crippen LogP contribution in [0.3, 0.4) is 0 Å². The van der Waals surface area contributed by atoms with E-state index in [2.05, 4.69) is 0 Å². The number of para-hydroxylation sites is 1. The van der Waals surface area contributed by atoms with Crippen LogP contribution in [0.2, 0.25) is 0 Å².